The first-order valence-electron chi connectivity index (χ1n) is 10.2. The molecule has 0 saturated heterocycles. The summed E-state index contributed by atoms with van der Waals surface area (Å²) in [6, 6.07) is 18.3. The first-order chi connectivity index (χ1) is 16.5. The van der Waals surface area contributed by atoms with Gasteiger partial charge in [0.25, 0.3) is 5.91 Å². The van der Waals surface area contributed by atoms with E-state index in [0.717, 1.165) is 10.9 Å². The van der Waals surface area contributed by atoms with Crippen LogP contribution in [0.1, 0.15) is 10.4 Å². The summed E-state index contributed by atoms with van der Waals surface area (Å²) >= 11 is 5.79. The van der Waals surface area contributed by atoms with Crippen LogP contribution >= 0.6 is 11.6 Å². The van der Waals surface area contributed by atoms with Crippen LogP contribution in [0.3, 0.4) is 0 Å². The fourth-order valence-electron chi connectivity index (χ4n) is 3.06. The lowest BCUT2D eigenvalue weighted by Crippen LogP contribution is -2.35. The molecule has 0 spiro atoms. The average Bonchev–Trinajstić information content (AvgIpc) is 2.84. The molecule has 0 bridgehead atoms. The van der Waals surface area contributed by atoms with Crippen molar-refractivity contribution in [1.29, 1.82) is 0 Å². The van der Waals surface area contributed by atoms with Crippen molar-refractivity contribution in [3.8, 4) is 0 Å². The van der Waals surface area contributed by atoms with Gasteiger partial charge < -0.3 is 21.3 Å². The number of anilines is 3. The first-order valence-corrected chi connectivity index (χ1v) is 10.6. The quantitative estimate of drug-likeness (QED) is 0.331. The Morgan fingerprint density at radius 3 is 2.47 bits per heavy atom. The normalized spacial score (nSPS) is 10.4. The number of hydrogen-bond acceptors (Lipinski definition) is 5. The predicted molar refractivity (Wildman–Crippen MR) is 131 cm³/mol. The van der Waals surface area contributed by atoms with Crippen molar-refractivity contribution in [2.75, 3.05) is 22.5 Å². The zero-order valence-corrected chi connectivity index (χ0v) is 18.5. The maximum atomic E-state index is 12.4. The van der Waals surface area contributed by atoms with Gasteiger partial charge in [-0.25, -0.2) is 9.78 Å². The number of halogens is 1. The highest BCUT2D eigenvalue weighted by Crippen LogP contribution is 2.16. The number of aromatic nitrogens is 2. The zero-order valence-electron chi connectivity index (χ0n) is 17.7. The van der Waals surface area contributed by atoms with Crippen molar-refractivity contribution in [3.63, 3.8) is 0 Å². The van der Waals surface area contributed by atoms with Crippen molar-refractivity contribution in [3.05, 3.63) is 89.7 Å². The van der Waals surface area contributed by atoms with Crippen LogP contribution in [0, 0.1) is 0 Å². The lowest BCUT2D eigenvalue weighted by molar-refractivity contribution is -0.115. The smallest absolute Gasteiger partial charge is 0.319 e. The lowest BCUT2D eigenvalue weighted by Gasteiger charge is -2.10. The zero-order chi connectivity index (χ0) is 23.9. The minimum absolute atomic E-state index is 0.249. The van der Waals surface area contributed by atoms with Gasteiger partial charge in [0.15, 0.2) is 0 Å². The lowest BCUT2D eigenvalue weighted by atomic mass is 10.2. The third-order valence-electron chi connectivity index (χ3n) is 4.64. The van der Waals surface area contributed by atoms with Gasteiger partial charge in [0.1, 0.15) is 5.82 Å². The number of benzene rings is 2. The summed E-state index contributed by atoms with van der Waals surface area (Å²) in [6.07, 6.45) is 2.97. The van der Waals surface area contributed by atoms with Gasteiger partial charge in [-0.15, -0.1) is 0 Å². The van der Waals surface area contributed by atoms with Crippen molar-refractivity contribution in [2.24, 2.45) is 0 Å². The van der Waals surface area contributed by atoms with Crippen LogP contribution in [0.4, 0.5) is 22.0 Å². The Morgan fingerprint density at radius 1 is 0.794 bits per heavy atom. The number of nitrogens with one attached hydrogen (secondary N) is 4. The van der Waals surface area contributed by atoms with Crippen LogP contribution in [-0.4, -0.2) is 34.4 Å². The molecule has 170 valence electrons. The molecule has 4 rings (SSSR count). The monoisotopic (exact) mass is 474 g/mol. The molecule has 4 N–H and O–H groups in total. The fraction of sp³-hybridized carbons (Fsp3) is 0.0417. The van der Waals surface area contributed by atoms with Gasteiger partial charge in [0.2, 0.25) is 5.91 Å². The number of fused-ring (bicyclic) bond motifs is 1. The molecule has 0 aliphatic carbocycles. The van der Waals surface area contributed by atoms with Gasteiger partial charge in [-0.05, 0) is 42.5 Å². The Hall–Kier alpha value is -4.50. The van der Waals surface area contributed by atoms with E-state index in [9.17, 15) is 14.4 Å². The van der Waals surface area contributed by atoms with Gasteiger partial charge in [0.05, 0.1) is 29.0 Å². The second-order valence-corrected chi connectivity index (χ2v) is 7.61. The molecular weight excluding hydrogens is 456 g/mol. The topological polar surface area (TPSA) is 125 Å². The van der Waals surface area contributed by atoms with Crippen LogP contribution in [0.25, 0.3) is 10.9 Å². The van der Waals surface area contributed by atoms with Crippen molar-refractivity contribution < 1.29 is 14.4 Å². The van der Waals surface area contributed by atoms with E-state index >= 15 is 0 Å². The van der Waals surface area contributed by atoms with Crippen LogP contribution in [0.15, 0.2) is 79.1 Å². The molecule has 9 nitrogen and oxygen atoms in total. The Labute approximate surface area is 199 Å². The van der Waals surface area contributed by atoms with E-state index < -0.39 is 17.8 Å². The third-order valence-corrected chi connectivity index (χ3v) is 4.86. The molecule has 34 heavy (non-hydrogen) atoms. The fourth-order valence-corrected chi connectivity index (χ4v) is 3.17. The highest BCUT2D eigenvalue weighted by molar-refractivity contribution is 6.30. The van der Waals surface area contributed by atoms with E-state index in [1.54, 1.807) is 42.6 Å². The molecular formula is C24H19ClN6O3. The number of carbonyl (C=O) groups is 3. The molecule has 2 aromatic heterocycles. The van der Waals surface area contributed by atoms with E-state index in [0.29, 0.717) is 27.8 Å². The van der Waals surface area contributed by atoms with E-state index in [2.05, 4.69) is 31.2 Å². The molecule has 0 aliphatic heterocycles. The van der Waals surface area contributed by atoms with Crippen LogP contribution in [-0.2, 0) is 4.79 Å². The van der Waals surface area contributed by atoms with Crippen LogP contribution < -0.4 is 21.3 Å². The molecule has 2 aromatic carbocycles. The molecule has 10 heteroatoms. The maximum Gasteiger partial charge on any atom is 0.319 e. The number of pyridine rings is 2. The number of hydrogen-bond donors (Lipinski definition) is 4. The molecule has 0 unspecified atom stereocenters. The summed E-state index contributed by atoms with van der Waals surface area (Å²) in [6.45, 7) is -0.249. The molecule has 4 aromatic rings. The largest absolute Gasteiger partial charge is 0.329 e. The average molecular weight is 475 g/mol. The maximum absolute atomic E-state index is 12.4. The Morgan fingerprint density at radius 2 is 1.65 bits per heavy atom. The molecule has 0 fully saturated rings. The molecule has 4 amide bonds. The summed E-state index contributed by atoms with van der Waals surface area (Å²) < 4.78 is 0. The van der Waals surface area contributed by atoms with Crippen molar-refractivity contribution in [1.82, 2.24) is 15.3 Å². The summed E-state index contributed by atoms with van der Waals surface area (Å²) in [4.78, 5) is 45.1. The number of rotatable bonds is 6. The van der Waals surface area contributed by atoms with Gasteiger partial charge in [-0.1, -0.05) is 35.9 Å². The van der Waals surface area contributed by atoms with E-state index in [-0.39, 0.29) is 6.54 Å². The second kappa shape index (κ2) is 10.4. The molecule has 0 radical (unpaired) electrons. The predicted octanol–water partition coefficient (Wildman–Crippen LogP) is 4.30. The molecule has 0 atom stereocenters. The second-order valence-electron chi connectivity index (χ2n) is 7.17. The molecule has 0 aliphatic rings. The first kappa shape index (κ1) is 22.7. The standard InChI is InChI=1S/C24H19ClN6O3/c25-17-8-9-21(27-12-17)31-23(33)16-5-3-6-18(11-16)30-24(34)28-14-22(32)29-19-10-15-4-1-2-7-20(15)26-13-19/h1-13H,14H2,(H,29,32)(H,27,31,33)(H2,28,30,34). The molecule has 2 heterocycles. The van der Waals surface area contributed by atoms with E-state index in [4.69, 9.17) is 11.6 Å². The van der Waals surface area contributed by atoms with Gasteiger partial charge >= 0.3 is 6.03 Å². The molecule has 0 saturated carbocycles. The van der Waals surface area contributed by atoms with E-state index in [1.807, 2.05) is 24.3 Å². The van der Waals surface area contributed by atoms with E-state index in [1.165, 1.54) is 12.3 Å². The van der Waals surface area contributed by atoms with Gasteiger partial charge in [-0.3, -0.25) is 14.6 Å². The summed E-state index contributed by atoms with van der Waals surface area (Å²) in [5.41, 5.74) is 2.04. The van der Waals surface area contributed by atoms with Gasteiger partial charge in [-0.2, -0.15) is 0 Å². The number of amides is 4. The van der Waals surface area contributed by atoms with Crippen molar-refractivity contribution in [2.45, 2.75) is 0 Å². The van der Waals surface area contributed by atoms with Crippen LogP contribution in [0.2, 0.25) is 5.02 Å². The number of urea groups is 1. The number of carbonyl (C=O) groups excluding carboxylic acids is 3. The Bertz CT molecular complexity index is 1360. The van der Waals surface area contributed by atoms with Crippen LogP contribution in [0.5, 0.6) is 0 Å². The Balaban J connectivity index is 1.28. The number of nitrogens with zero attached hydrogens (tertiary/aromatic N) is 2. The summed E-state index contributed by atoms with van der Waals surface area (Å²) in [7, 11) is 0. The minimum atomic E-state index is -0.594. The van der Waals surface area contributed by atoms with Gasteiger partial charge in [0, 0.05) is 22.8 Å². The summed E-state index contributed by atoms with van der Waals surface area (Å²) in [5, 5.41) is 11.8. The Kier molecular flexibility index (Phi) is 6.95. The summed E-state index contributed by atoms with van der Waals surface area (Å²) in [5.74, 6) is -0.462. The highest BCUT2D eigenvalue weighted by Gasteiger charge is 2.10. The SMILES string of the molecule is O=C(CNC(=O)Nc1cccc(C(=O)Nc2ccc(Cl)cn2)c1)Nc1cnc2ccccc2c1. The highest BCUT2D eigenvalue weighted by atomic mass is 35.5. The van der Waals surface area contributed by atoms with Crippen molar-refractivity contribution >= 4 is 57.5 Å². The third kappa shape index (κ3) is 6.05. The number of para-hydroxylation sites is 1. The minimum Gasteiger partial charge on any atom is -0.329 e.